The van der Waals surface area contributed by atoms with Gasteiger partial charge in [-0.3, -0.25) is 9.59 Å². The van der Waals surface area contributed by atoms with E-state index in [1.165, 1.54) is 35.1 Å². The number of aromatic nitrogens is 4. The second-order valence-electron chi connectivity index (χ2n) is 6.40. The van der Waals surface area contributed by atoms with Crippen LogP contribution in [0.4, 0.5) is 10.1 Å². The quantitative estimate of drug-likeness (QED) is 0.558. The number of halogens is 2. The molecule has 0 aliphatic carbocycles. The van der Waals surface area contributed by atoms with Crippen LogP contribution in [0.3, 0.4) is 0 Å². The van der Waals surface area contributed by atoms with Gasteiger partial charge in [-0.15, -0.1) is 0 Å². The average Bonchev–Trinajstić information content (AvgIpc) is 3.14. The lowest BCUT2D eigenvalue weighted by Crippen LogP contribution is -2.31. The number of nitrogens with zero attached hydrogens (tertiary/aromatic N) is 4. The molecule has 1 N–H and O–H groups in total. The molecule has 0 saturated carbocycles. The van der Waals surface area contributed by atoms with E-state index in [-0.39, 0.29) is 17.9 Å². The second kappa shape index (κ2) is 7.48. The van der Waals surface area contributed by atoms with Gasteiger partial charge in [0.1, 0.15) is 17.9 Å². The zero-order chi connectivity index (χ0) is 20.5. The van der Waals surface area contributed by atoms with Crippen molar-refractivity contribution in [1.29, 1.82) is 0 Å². The van der Waals surface area contributed by atoms with E-state index in [4.69, 9.17) is 11.6 Å². The van der Waals surface area contributed by atoms with E-state index in [9.17, 15) is 14.0 Å². The van der Waals surface area contributed by atoms with E-state index < -0.39 is 11.5 Å². The first-order valence-corrected chi connectivity index (χ1v) is 9.07. The number of hydrogen-bond acceptors (Lipinski definition) is 4. The van der Waals surface area contributed by atoms with Crippen LogP contribution in [0.1, 0.15) is 5.69 Å². The molecule has 0 atom stereocenters. The number of rotatable bonds is 4. The lowest BCUT2D eigenvalue weighted by atomic mass is 10.2. The normalized spacial score (nSPS) is 11.0. The first-order valence-electron chi connectivity index (χ1n) is 8.69. The van der Waals surface area contributed by atoms with E-state index in [1.807, 2.05) is 0 Å². The molecule has 2 heterocycles. The van der Waals surface area contributed by atoms with E-state index in [0.29, 0.717) is 27.5 Å². The minimum Gasteiger partial charge on any atom is -0.324 e. The number of fused-ring (bicyclic) bond motifs is 1. The summed E-state index contributed by atoms with van der Waals surface area (Å²) < 4.78 is 15.7. The van der Waals surface area contributed by atoms with Crippen LogP contribution in [0.2, 0.25) is 5.02 Å². The number of carbonyl (C=O) groups excluding carboxylic acids is 1. The summed E-state index contributed by atoms with van der Waals surface area (Å²) in [6, 6.07) is 12.2. The third kappa shape index (κ3) is 3.74. The lowest BCUT2D eigenvalue weighted by molar-refractivity contribution is -0.117. The predicted molar refractivity (Wildman–Crippen MR) is 108 cm³/mol. The number of hydrogen-bond donors (Lipinski definition) is 1. The molecule has 7 nitrogen and oxygen atoms in total. The van der Waals surface area contributed by atoms with E-state index in [2.05, 4.69) is 15.5 Å². The van der Waals surface area contributed by atoms with Crippen molar-refractivity contribution in [2.24, 2.45) is 0 Å². The van der Waals surface area contributed by atoms with Gasteiger partial charge < -0.3 is 5.32 Å². The van der Waals surface area contributed by atoms with Gasteiger partial charge in [-0.05, 0) is 55.5 Å². The molecule has 4 aromatic rings. The summed E-state index contributed by atoms with van der Waals surface area (Å²) in [4.78, 5) is 25.4. The van der Waals surface area contributed by atoms with Gasteiger partial charge in [-0.25, -0.2) is 13.8 Å². The van der Waals surface area contributed by atoms with Crippen molar-refractivity contribution in [2.45, 2.75) is 13.5 Å². The molecule has 29 heavy (non-hydrogen) atoms. The van der Waals surface area contributed by atoms with Crippen LogP contribution >= 0.6 is 11.6 Å². The van der Waals surface area contributed by atoms with E-state index in [0.717, 1.165) is 4.68 Å². The van der Waals surface area contributed by atoms with Crippen molar-refractivity contribution in [1.82, 2.24) is 19.6 Å². The molecule has 0 aliphatic heterocycles. The fourth-order valence-corrected chi connectivity index (χ4v) is 3.10. The van der Waals surface area contributed by atoms with E-state index >= 15 is 0 Å². The minimum absolute atomic E-state index is 0.267. The van der Waals surface area contributed by atoms with Crippen LogP contribution in [0.15, 0.2) is 59.5 Å². The predicted octanol–water partition coefficient (Wildman–Crippen LogP) is 3.32. The third-order valence-corrected chi connectivity index (χ3v) is 4.61. The molecule has 9 heteroatoms. The summed E-state index contributed by atoms with van der Waals surface area (Å²) in [6.07, 6.45) is 1.53. The van der Waals surface area contributed by atoms with Crippen molar-refractivity contribution in [2.75, 3.05) is 5.32 Å². The summed E-state index contributed by atoms with van der Waals surface area (Å²) >= 11 is 5.84. The maximum Gasteiger partial charge on any atom is 0.293 e. The molecule has 146 valence electrons. The van der Waals surface area contributed by atoms with Gasteiger partial charge >= 0.3 is 0 Å². The van der Waals surface area contributed by atoms with Crippen molar-refractivity contribution >= 4 is 34.1 Å². The monoisotopic (exact) mass is 411 g/mol. The molecule has 2 aromatic heterocycles. The molecule has 0 bridgehead atoms. The van der Waals surface area contributed by atoms with Crippen LogP contribution in [-0.4, -0.2) is 25.5 Å². The van der Waals surface area contributed by atoms with Gasteiger partial charge in [0.2, 0.25) is 5.91 Å². The molecule has 2 aromatic carbocycles. The summed E-state index contributed by atoms with van der Waals surface area (Å²) in [5, 5.41) is 12.3. The Morgan fingerprint density at radius 3 is 2.52 bits per heavy atom. The number of benzene rings is 2. The highest BCUT2D eigenvalue weighted by molar-refractivity contribution is 6.30. The number of amides is 1. The van der Waals surface area contributed by atoms with Crippen LogP contribution < -0.4 is 10.9 Å². The van der Waals surface area contributed by atoms with Gasteiger partial charge in [0.25, 0.3) is 5.56 Å². The number of nitrogens with one attached hydrogen (secondary N) is 1. The van der Waals surface area contributed by atoms with Crippen LogP contribution in [0.25, 0.3) is 16.6 Å². The largest absolute Gasteiger partial charge is 0.324 e. The number of anilines is 1. The first-order chi connectivity index (χ1) is 13.9. The Morgan fingerprint density at radius 1 is 1.14 bits per heavy atom. The molecular weight excluding hydrogens is 397 g/mol. The zero-order valence-electron chi connectivity index (χ0n) is 15.3. The molecule has 0 radical (unpaired) electrons. The maximum atomic E-state index is 13.2. The van der Waals surface area contributed by atoms with Crippen LogP contribution in [-0.2, 0) is 11.3 Å². The standard InChI is InChI=1S/C20H15ClFN5O2/c1-12-17-10-23-27(16-8-4-14(22)5-9-16)19(17)20(29)26(25-12)11-18(28)24-15-6-2-13(21)3-7-15/h2-10H,11H2,1H3,(H,24,28). The lowest BCUT2D eigenvalue weighted by Gasteiger charge is -2.09. The Morgan fingerprint density at radius 2 is 1.83 bits per heavy atom. The molecule has 0 saturated heterocycles. The number of aryl methyl sites for hydroxylation is 1. The Bertz CT molecular complexity index is 1260. The zero-order valence-corrected chi connectivity index (χ0v) is 16.0. The fourth-order valence-electron chi connectivity index (χ4n) is 2.98. The van der Waals surface area contributed by atoms with Gasteiger partial charge in [0.15, 0.2) is 0 Å². The van der Waals surface area contributed by atoms with Crippen molar-refractivity contribution in [3.05, 3.63) is 81.6 Å². The van der Waals surface area contributed by atoms with Crippen LogP contribution in [0.5, 0.6) is 0 Å². The van der Waals surface area contributed by atoms with Crippen molar-refractivity contribution in [3.63, 3.8) is 0 Å². The summed E-state index contributed by atoms with van der Waals surface area (Å²) in [7, 11) is 0. The smallest absolute Gasteiger partial charge is 0.293 e. The Kier molecular flexibility index (Phi) is 4.85. The topological polar surface area (TPSA) is 81.8 Å². The second-order valence-corrected chi connectivity index (χ2v) is 6.83. The fraction of sp³-hybridized carbons (Fsp3) is 0.100. The van der Waals surface area contributed by atoms with Gasteiger partial charge in [0, 0.05) is 16.1 Å². The maximum absolute atomic E-state index is 13.2. The van der Waals surface area contributed by atoms with E-state index in [1.54, 1.807) is 31.2 Å². The molecule has 0 spiro atoms. The SMILES string of the molecule is Cc1nn(CC(=O)Nc2ccc(Cl)cc2)c(=O)c2c1cnn2-c1ccc(F)cc1. The van der Waals surface area contributed by atoms with Crippen LogP contribution in [0, 0.1) is 12.7 Å². The van der Waals surface area contributed by atoms with Gasteiger partial charge in [-0.1, -0.05) is 11.6 Å². The van der Waals surface area contributed by atoms with Gasteiger partial charge in [0.05, 0.1) is 17.6 Å². The summed E-state index contributed by atoms with van der Waals surface area (Å²) in [5.41, 5.74) is 1.43. The Labute approximate surface area is 169 Å². The summed E-state index contributed by atoms with van der Waals surface area (Å²) in [5.74, 6) is -0.798. The number of carbonyl (C=O) groups is 1. The third-order valence-electron chi connectivity index (χ3n) is 4.36. The highest BCUT2D eigenvalue weighted by atomic mass is 35.5. The molecule has 0 unspecified atom stereocenters. The molecule has 0 fully saturated rings. The highest BCUT2D eigenvalue weighted by Crippen LogP contribution is 2.18. The average molecular weight is 412 g/mol. The molecule has 0 aliphatic rings. The first kappa shape index (κ1) is 18.8. The molecule has 4 rings (SSSR count). The molecule has 1 amide bonds. The highest BCUT2D eigenvalue weighted by Gasteiger charge is 2.16. The van der Waals surface area contributed by atoms with Crippen molar-refractivity contribution in [3.8, 4) is 5.69 Å². The Hall–Kier alpha value is -3.52. The van der Waals surface area contributed by atoms with Crippen molar-refractivity contribution < 1.29 is 9.18 Å². The minimum atomic E-state index is -0.473. The summed E-state index contributed by atoms with van der Waals surface area (Å²) in [6.45, 7) is 1.46. The van der Waals surface area contributed by atoms with Gasteiger partial charge in [-0.2, -0.15) is 10.2 Å². The Balaban J connectivity index is 1.70. The molecular formula is C20H15ClFN5O2.